The van der Waals surface area contributed by atoms with Gasteiger partial charge >= 0.3 is 11.9 Å². The Morgan fingerprint density at radius 1 is 1.00 bits per heavy atom. The molecule has 0 aromatic carbocycles. The highest BCUT2D eigenvalue weighted by Crippen LogP contribution is 1.99. The number of halogens is 2. The number of hydrogen-bond acceptors (Lipinski definition) is 4. The highest BCUT2D eigenvalue weighted by atomic mass is 79.9. The molecule has 0 amide bonds. The van der Waals surface area contributed by atoms with Crippen LogP contribution in [0.25, 0.3) is 0 Å². The number of alkyl halides is 2. The van der Waals surface area contributed by atoms with Gasteiger partial charge in [0.25, 0.3) is 0 Å². The van der Waals surface area contributed by atoms with Crippen LogP contribution in [0.1, 0.15) is 13.8 Å². The zero-order valence-corrected chi connectivity index (χ0v) is 12.3. The van der Waals surface area contributed by atoms with Crippen LogP contribution in [-0.2, 0) is 19.1 Å². The molecule has 0 bridgehead atoms. The highest BCUT2D eigenvalue weighted by Gasteiger charge is 2.07. The van der Waals surface area contributed by atoms with E-state index in [9.17, 15) is 9.59 Å². The van der Waals surface area contributed by atoms with E-state index in [0.717, 1.165) is 12.2 Å². The molecule has 0 aromatic heterocycles. The van der Waals surface area contributed by atoms with Crippen LogP contribution in [0.5, 0.6) is 0 Å². The molecule has 0 saturated heterocycles. The van der Waals surface area contributed by atoms with Crippen molar-refractivity contribution in [1.29, 1.82) is 0 Å². The van der Waals surface area contributed by atoms with Crippen molar-refractivity contribution in [1.82, 2.24) is 0 Å². The molecule has 2 atom stereocenters. The van der Waals surface area contributed by atoms with Crippen molar-refractivity contribution in [3.8, 4) is 0 Å². The number of hydrogen-bond donors (Lipinski definition) is 0. The van der Waals surface area contributed by atoms with Gasteiger partial charge in [-0.15, -0.1) is 0 Å². The first-order chi connectivity index (χ1) is 7.49. The fourth-order valence-corrected chi connectivity index (χ4v) is 0.939. The van der Waals surface area contributed by atoms with Crippen LogP contribution in [-0.4, -0.2) is 34.8 Å². The summed E-state index contributed by atoms with van der Waals surface area (Å²) in [7, 11) is 0. The molecule has 16 heavy (non-hydrogen) atoms. The highest BCUT2D eigenvalue weighted by molar-refractivity contribution is 9.09. The van der Waals surface area contributed by atoms with Gasteiger partial charge in [-0.2, -0.15) is 0 Å². The first kappa shape index (κ1) is 15.6. The molecule has 0 spiro atoms. The SMILES string of the molecule is CC(CBr)OC(=O)/C=C/C(=O)OC(C)CBr. The van der Waals surface area contributed by atoms with Crippen LogP contribution in [0, 0.1) is 0 Å². The van der Waals surface area contributed by atoms with Gasteiger partial charge in [-0.25, -0.2) is 9.59 Å². The number of esters is 2. The monoisotopic (exact) mass is 356 g/mol. The van der Waals surface area contributed by atoms with Crippen molar-refractivity contribution in [3.63, 3.8) is 0 Å². The summed E-state index contributed by atoms with van der Waals surface area (Å²) in [4.78, 5) is 22.3. The average molecular weight is 358 g/mol. The van der Waals surface area contributed by atoms with Crippen LogP contribution in [0.2, 0.25) is 0 Å². The Balaban J connectivity index is 3.98. The minimum atomic E-state index is -0.560. The van der Waals surface area contributed by atoms with Gasteiger partial charge in [0.05, 0.1) is 0 Å². The lowest BCUT2D eigenvalue weighted by Crippen LogP contribution is -2.16. The third-order valence-corrected chi connectivity index (χ3v) is 3.25. The van der Waals surface area contributed by atoms with E-state index in [1.54, 1.807) is 13.8 Å². The Morgan fingerprint density at radius 2 is 1.31 bits per heavy atom. The first-order valence-electron chi connectivity index (χ1n) is 4.70. The van der Waals surface area contributed by atoms with Crippen LogP contribution in [0.15, 0.2) is 12.2 Å². The van der Waals surface area contributed by atoms with Crippen LogP contribution >= 0.6 is 31.9 Å². The number of carbonyl (C=O) groups excluding carboxylic acids is 2. The summed E-state index contributed by atoms with van der Waals surface area (Å²) in [5, 5.41) is 1.11. The largest absolute Gasteiger partial charge is 0.459 e. The van der Waals surface area contributed by atoms with E-state index in [-0.39, 0.29) is 12.2 Å². The smallest absolute Gasteiger partial charge is 0.331 e. The molecule has 0 heterocycles. The molecule has 0 radical (unpaired) electrons. The summed E-state index contributed by atoms with van der Waals surface area (Å²) in [6, 6.07) is 0. The predicted octanol–water partition coefficient (Wildman–Crippen LogP) is 2.20. The maximum Gasteiger partial charge on any atom is 0.331 e. The first-order valence-corrected chi connectivity index (χ1v) is 6.95. The standard InChI is InChI=1S/C10H14Br2O4/c1-7(5-11)15-9(13)3-4-10(14)16-8(2)6-12/h3-4,7-8H,5-6H2,1-2H3/b4-3+. The van der Waals surface area contributed by atoms with E-state index in [0.29, 0.717) is 10.7 Å². The molecule has 0 fully saturated rings. The second-order valence-corrected chi connectivity index (χ2v) is 4.43. The Morgan fingerprint density at radius 3 is 1.56 bits per heavy atom. The van der Waals surface area contributed by atoms with Gasteiger partial charge in [0.15, 0.2) is 0 Å². The van der Waals surface area contributed by atoms with Crippen LogP contribution in [0.3, 0.4) is 0 Å². The van der Waals surface area contributed by atoms with Crippen molar-refractivity contribution in [3.05, 3.63) is 12.2 Å². The lowest BCUT2D eigenvalue weighted by atomic mass is 10.4. The summed E-state index contributed by atoms with van der Waals surface area (Å²) in [5.74, 6) is -1.12. The van der Waals surface area contributed by atoms with E-state index in [4.69, 9.17) is 9.47 Å². The van der Waals surface area contributed by atoms with Gasteiger partial charge in [-0.1, -0.05) is 31.9 Å². The number of ether oxygens (including phenoxy) is 2. The summed E-state index contributed by atoms with van der Waals surface area (Å²) >= 11 is 6.33. The maximum absolute atomic E-state index is 11.1. The Labute approximate surface area is 112 Å². The minimum absolute atomic E-state index is 0.227. The second-order valence-electron chi connectivity index (χ2n) is 3.14. The average Bonchev–Trinajstić information content (AvgIpc) is 2.26. The predicted molar refractivity (Wildman–Crippen MR) is 67.8 cm³/mol. The van der Waals surface area contributed by atoms with E-state index in [1.807, 2.05) is 0 Å². The summed E-state index contributed by atoms with van der Waals surface area (Å²) in [5.41, 5.74) is 0. The summed E-state index contributed by atoms with van der Waals surface area (Å²) < 4.78 is 9.78. The fraction of sp³-hybridized carbons (Fsp3) is 0.600. The van der Waals surface area contributed by atoms with Crippen LogP contribution < -0.4 is 0 Å². The lowest BCUT2D eigenvalue weighted by Gasteiger charge is -2.08. The van der Waals surface area contributed by atoms with E-state index in [2.05, 4.69) is 31.9 Å². The molecule has 0 aromatic rings. The fourth-order valence-electron chi connectivity index (χ4n) is 0.674. The summed E-state index contributed by atoms with van der Waals surface area (Å²) in [6.45, 7) is 3.48. The molecule has 2 unspecified atom stereocenters. The third-order valence-electron chi connectivity index (χ3n) is 1.42. The molecular formula is C10H14Br2O4. The van der Waals surface area contributed by atoms with Crippen molar-refractivity contribution in [2.24, 2.45) is 0 Å². The van der Waals surface area contributed by atoms with Crippen molar-refractivity contribution >= 4 is 43.8 Å². The Kier molecular flexibility index (Phi) is 8.56. The molecule has 0 N–H and O–H groups in total. The van der Waals surface area contributed by atoms with Gasteiger partial charge in [-0.05, 0) is 13.8 Å². The number of rotatable bonds is 6. The van der Waals surface area contributed by atoms with Gasteiger partial charge in [0.1, 0.15) is 12.2 Å². The molecule has 92 valence electrons. The Hall–Kier alpha value is -0.360. The van der Waals surface area contributed by atoms with E-state index in [1.165, 1.54) is 0 Å². The lowest BCUT2D eigenvalue weighted by molar-refractivity contribution is -0.143. The number of carbonyl (C=O) groups is 2. The molecule has 0 saturated carbocycles. The van der Waals surface area contributed by atoms with Gasteiger partial charge in [-0.3, -0.25) is 0 Å². The van der Waals surface area contributed by atoms with Crippen molar-refractivity contribution in [2.45, 2.75) is 26.1 Å². The second kappa shape index (κ2) is 8.75. The van der Waals surface area contributed by atoms with Gasteiger partial charge in [0.2, 0.25) is 0 Å². The zero-order chi connectivity index (χ0) is 12.6. The molecule has 0 aliphatic rings. The molecule has 0 aliphatic heterocycles. The maximum atomic E-state index is 11.1. The molecule has 0 aliphatic carbocycles. The van der Waals surface area contributed by atoms with Gasteiger partial charge < -0.3 is 9.47 Å². The van der Waals surface area contributed by atoms with Crippen molar-refractivity contribution in [2.75, 3.05) is 10.7 Å². The molecule has 4 nitrogen and oxygen atoms in total. The van der Waals surface area contributed by atoms with Crippen molar-refractivity contribution < 1.29 is 19.1 Å². The Bertz CT molecular complexity index is 240. The minimum Gasteiger partial charge on any atom is -0.459 e. The molecule has 6 heteroatoms. The summed E-state index contributed by atoms with van der Waals surface area (Å²) in [6.07, 6.45) is 1.66. The third kappa shape index (κ3) is 7.87. The normalized spacial score (nSPS) is 14.5. The van der Waals surface area contributed by atoms with E-state index < -0.39 is 11.9 Å². The van der Waals surface area contributed by atoms with E-state index >= 15 is 0 Å². The zero-order valence-electron chi connectivity index (χ0n) is 9.11. The molecule has 0 rings (SSSR count). The quantitative estimate of drug-likeness (QED) is 0.415. The molecular weight excluding hydrogens is 344 g/mol. The van der Waals surface area contributed by atoms with Gasteiger partial charge in [0, 0.05) is 22.8 Å². The topological polar surface area (TPSA) is 52.6 Å². The van der Waals surface area contributed by atoms with Crippen LogP contribution in [0.4, 0.5) is 0 Å².